The largest absolute Gasteiger partial charge is 0.465 e. The minimum absolute atomic E-state index is 0.213. The Labute approximate surface area is 291 Å². The summed E-state index contributed by atoms with van der Waals surface area (Å²) in [4.78, 5) is 32.4. The molecule has 49 heavy (non-hydrogen) atoms. The van der Waals surface area contributed by atoms with Crippen LogP contribution < -0.4 is 20.7 Å². The number of carbonyl (C=O) groups excluding carboxylic acids is 1. The quantitative estimate of drug-likeness (QED) is 0.0976. The third-order valence-electron chi connectivity index (χ3n) is 7.76. The van der Waals surface area contributed by atoms with Crippen LogP contribution in [-0.4, -0.2) is 53.4 Å². The minimum atomic E-state index is -1.27. The van der Waals surface area contributed by atoms with Gasteiger partial charge in [0.05, 0.1) is 23.3 Å². The van der Waals surface area contributed by atoms with Crippen molar-refractivity contribution >= 4 is 62.2 Å². The van der Waals surface area contributed by atoms with Gasteiger partial charge < -0.3 is 34.7 Å². The Hall–Kier alpha value is -5.33. The molecule has 0 aliphatic carbocycles. The van der Waals surface area contributed by atoms with E-state index in [1.807, 2.05) is 41.1 Å². The van der Waals surface area contributed by atoms with Crippen molar-refractivity contribution in [3.63, 3.8) is 0 Å². The average Bonchev–Trinajstić information content (AvgIpc) is 3.66. The second-order valence-electron chi connectivity index (χ2n) is 11.9. The number of benzene rings is 3. The molecule has 3 aromatic carbocycles. The van der Waals surface area contributed by atoms with E-state index in [2.05, 4.69) is 90.3 Å². The van der Waals surface area contributed by atoms with Gasteiger partial charge in [0.2, 0.25) is 5.91 Å². The van der Waals surface area contributed by atoms with Gasteiger partial charge in [0, 0.05) is 36.1 Å². The Balaban J connectivity index is 1.15. The summed E-state index contributed by atoms with van der Waals surface area (Å²) in [5.41, 5.74) is 3.38. The maximum atomic E-state index is 12.5. The molecule has 1 unspecified atom stereocenters. The van der Waals surface area contributed by atoms with Gasteiger partial charge in [-0.2, -0.15) is 0 Å². The molecule has 2 amide bonds. The van der Waals surface area contributed by atoms with Crippen LogP contribution in [0.5, 0.6) is 5.75 Å². The van der Waals surface area contributed by atoms with Gasteiger partial charge in [-0.25, -0.2) is 14.8 Å². The fraction of sp³-hybridized carbons (Fsp3) is 0.194. The molecule has 6 rings (SSSR count). The number of carboxylic acid groups (broad SMARTS) is 1. The molecule has 1 aliphatic rings. The third kappa shape index (κ3) is 8.40. The molecule has 0 saturated heterocycles. The van der Waals surface area contributed by atoms with Crippen LogP contribution in [0.3, 0.4) is 0 Å². The first-order valence-corrected chi connectivity index (χ1v) is 17.4. The van der Waals surface area contributed by atoms with Crippen molar-refractivity contribution in [1.29, 1.82) is 0 Å². The number of hydrogen-bond acceptors (Lipinski definition) is 7. The van der Waals surface area contributed by atoms with Crippen molar-refractivity contribution in [1.82, 2.24) is 29.5 Å². The fourth-order valence-electron chi connectivity index (χ4n) is 5.32. The van der Waals surface area contributed by atoms with Gasteiger partial charge in [-0.1, -0.05) is 82.9 Å². The highest BCUT2D eigenvalue weighted by Crippen LogP contribution is 2.36. The molecule has 1 aliphatic heterocycles. The van der Waals surface area contributed by atoms with Crippen molar-refractivity contribution < 1.29 is 19.4 Å². The first-order chi connectivity index (χ1) is 23.6. The molecule has 13 heteroatoms. The number of nitrogens with zero attached hydrogens (tertiary/aromatic N) is 4. The number of anilines is 2. The zero-order chi connectivity index (χ0) is 34.4. The van der Waals surface area contributed by atoms with E-state index in [0.717, 1.165) is 29.1 Å². The smallest absolute Gasteiger partial charge is 0.405 e. The lowest BCUT2D eigenvalue weighted by molar-refractivity contribution is -0.126. The monoisotopic (exact) mass is 697 g/mol. The second kappa shape index (κ2) is 14.8. The first-order valence-electron chi connectivity index (χ1n) is 15.6. The summed E-state index contributed by atoms with van der Waals surface area (Å²) in [6.45, 7) is 4.45. The Morgan fingerprint density at radius 2 is 1.71 bits per heavy atom. The zero-order valence-electron chi connectivity index (χ0n) is 27.0. The average molecular weight is 698 g/mol. The van der Waals surface area contributed by atoms with Gasteiger partial charge in [0.15, 0.2) is 11.6 Å². The Kier molecular flexibility index (Phi) is 10.2. The molecule has 0 fully saturated rings. The molecule has 0 bridgehead atoms. The normalized spacial score (nSPS) is 14.2. The first kappa shape index (κ1) is 33.6. The number of amides is 2. The predicted molar refractivity (Wildman–Crippen MR) is 195 cm³/mol. The number of carbonyl (C=O) groups is 2. The predicted octanol–water partition coefficient (Wildman–Crippen LogP) is 6.91. The molecule has 4 N–H and O–H groups in total. The van der Waals surface area contributed by atoms with Gasteiger partial charge in [0.1, 0.15) is 23.1 Å². The lowest BCUT2D eigenvalue weighted by Gasteiger charge is -2.23. The zero-order valence-corrected chi connectivity index (χ0v) is 28.5. The van der Waals surface area contributed by atoms with E-state index in [4.69, 9.17) is 21.4 Å². The van der Waals surface area contributed by atoms with E-state index >= 15 is 0 Å². The third-order valence-corrected chi connectivity index (χ3v) is 10.0. The number of nitrogens with one attached hydrogen (secondary N) is 3. The molecule has 0 saturated carbocycles. The molecular formula is C36H36ClN7O4S. The number of hydrogen-bond donors (Lipinski definition) is 4. The van der Waals surface area contributed by atoms with Crippen molar-refractivity contribution in [2.24, 2.45) is 0 Å². The van der Waals surface area contributed by atoms with Crippen molar-refractivity contribution in [3.05, 3.63) is 126 Å². The van der Waals surface area contributed by atoms with Gasteiger partial charge in [-0.15, -0.1) is 0 Å². The van der Waals surface area contributed by atoms with Crippen LogP contribution in [0.1, 0.15) is 25.0 Å². The number of allylic oxidation sites excluding steroid dienone is 1. The van der Waals surface area contributed by atoms with E-state index in [0.29, 0.717) is 28.8 Å². The second-order valence-corrected chi connectivity index (χ2v) is 14.1. The topological polar surface area (TPSA) is 134 Å². The van der Waals surface area contributed by atoms with Gasteiger partial charge in [-0.3, -0.25) is 4.79 Å². The number of ether oxygens (including phenoxy) is 1. The van der Waals surface area contributed by atoms with E-state index in [-0.39, 0.29) is 17.2 Å². The summed E-state index contributed by atoms with van der Waals surface area (Å²) in [5.74, 6) is 2.27. The minimum Gasteiger partial charge on any atom is -0.465 e. The van der Waals surface area contributed by atoms with Crippen molar-refractivity contribution in [2.45, 2.75) is 38.2 Å². The Bertz CT molecular complexity index is 2030. The Morgan fingerprint density at radius 3 is 2.43 bits per heavy atom. The van der Waals surface area contributed by atoms with Crippen molar-refractivity contribution in [2.75, 3.05) is 11.9 Å². The summed E-state index contributed by atoms with van der Waals surface area (Å²) in [5, 5.41) is 20.0. The standard InChI is InChI=1S/C36H36ClN7O4S/c1-36(2,42-35(46)47)34(45)38-16-18-43-17-15-30-32(43)33(40-24-39-30)41-27-13-14-31(29(37)19-27)48-28-21-44(20-25-9-5-3-6-10-25)49(23-28)22-26-11-7-4-8-12-26/h3-15,17,19,21,23-24,42H,16,18,20,22H2,1-2H3,(H,38,45)(H,46,47)(H,39,40,41). The molecule has 0 spiro atoms. The number of fused-ring (bicyclic) bond motifs is 1. The highest BCUT2D eigenvalue weighted by molar-refractivity contribution is 8.12. The number of rotatable bonds is 13. The highest BCUT2D eigenvalue weighted by atomic mass is 35.5. The van der Waals surface area contributed by atoms with Crippen LogP contribution in [0.2, 0.25) is 5.02 Å². The molecule has 11 nitrogen and oxygen atoms in total. The van der Waals surface area contributed by atoms with Gasteiger partial charge >= 0.3 is 6.09 Å². The van der Waals surface area contributed by atoms with Gasteiger partial charge in [0.25, 0.3) is 0 Å². The number of aromatic nitrogens is 3. The van der Waals surface area contributed by atoms with E-state index in [9.17, 15) is 9.59 Å². The summed E-state index contributed by atoms with van der Waals surface area (Å²) < 4.78 is 10.6. The van der Waals surface area contributed by atoms with Crippen LogP contribution >= 0.6 is 22.3 Å². The van der Waals surface area contributed by atoms with Crippen LogP contribution in [0.15, 0.2) is 109 Å². The molecule has 5 aromatic rings. The molecule has 2 aromatic heterocycles. The molecule has 1 atom stereocenters. The van der Waals surface area contributed by atoms with E-state index in [1.165, 1.54) is 31.3 Å². The van der Waals surface area contributed by atoms with Crippen molar-refractivity contribution in [3.8, 4) is 5.75 Å². The summed E-state index contributed by atoms with van der Waals surface area (Å²) in [6.07, 6.45) is 4.13. The van der Waals surface area contributed by atoms with E-state index < -0.39 is 17.5 Å². The van der Waals surface area contributed by atoms with Crippen LogP contribution in [0.25, 0.3) is 11.0 Å². The molecule has 252 valence electrons. The fourth-order valence-corrected chi connectivity index (χ4v) is 7.39. The van der Waals surface area contributed by atoms with Gasteiger partial charge in [-0.05, 0) is 49.2 Å². The SMILES string of the molecule is CC(C)(NC(=O)O)C(=O)NCCn1ccc2ncnc(Nc3ccc(OC4=CN(Cc5ccccc5)S(Cc5ccccc5)=C4)c(Cl)c3)c21. The van der Waals surface area contributed by atoms with E-state index in [1.54, 1.807) is 6.07 Å². The summed E-state index contributed by atoms with van der Waals surface area (Å²) >= 11 is 6.76. The number of halogens is 1. The van der Waals surface area contributed by atoms with Crippen LogP contribution in [0.4, 0.5) is 16.3 Å². The van der Waals surface area contributed by atoms with Crippen LogP contribution in [0, 0.1) is 0 Å². The van der Waals surface area contributed by atoms with Crippen LogP contribution in [-0.2, 0) is 23.6 Å². The Morgan fingerprint density at radius 1 is 0.980 bits per heavy atom. The highest BCUT2D eigenvalue weighted by Gasteiger charge is 2.29. The summed E-state index contributed by atoms with van der Waals surface area (Å²) in [6, 6.07) is 28.2. The molecule has 3 heterocycles. The maximum absolute atomic E-state index is 12.5. The molecule has 0 radical (unpaired) electrons. The molecular weight excluding hydrogens is 662 g/mol. The lowest BCUT2D eigenvalue weighted by Crippen LogP contribution is -2.54. The lowest BCUT2D eigenvalue weighted by atomic mass is 10.1. The summed E-state index contributed by atoms with van der Waals surface area (Å²) in [7, 11) is -0.213. The maximum Gasteiger partial charge on any atom is 0.405 e.